The van der Waals surface area contributed by atoms with Gasteiger partial charge < -0.3 is 4.74 Å². The summed E-state index contributed by atoms with van der Waals surface area (Å²) in [5, 5.41) is 0. The average Bonchev–Trinajstić information content (AvgIpc) is 2.39. The molecule has 0 aromatic carbocycles. The van der Waals surface area contributed by atoms with E-state index in [1.165, 1.54) is 51.4 Å². The molecule has 0 aromatic heterocycles. The van der Waals surface area contributed by atoms with Gasteiger partial charge in [-0.3, -0.25) is 4.79 Å². The monoisotopic (exact) mass is 256 g/mol. The van der Waals surface area contributed by atoms with Crippen LogP contribution < -0.4 is 0 Å². The van der Waals surface area contributed by atoms with Crippen molar-refractivity contribution in [2.75, 3.05) is 6.61 Å². The largest absolute Gasteiger partial charge is 0.465 e. The lowest BCUT2D eigenvalue weighted by Gasteiger charge is -2.08. The van der Waals surface area contributed by atoms with Crippen molar-refractivity contribution in [3.8, 4) is 0 Å². The summed E-state index contributed by atoms with van der Waals surface area (Å²) >= 11 is 0. The summed E-state index contributed by atoms with van der Waals surface area (Å²) in [5.41, 5.74) is 0. The maximum Gasteiger partial charge on any atom is 0.308 e. The van der Waals surface area contributed by atoms with E-state index < -0.39 is 0 Å². The van der Waals surface area contributed by atoms with E-state index in [9.17, 15) is 4.79 Å². The molecule has 0 aliphatic rings. The molecule has 0 spiro atoms. The van der Waals surface area contributed by atoms with Crippen molar-refractivity contribution in [1.82, 2.24) is 0 Å². The molecular formula is C16H32O2. The van der Waals surface area contributed by atoms with Gasteiger partial charge in [0.2, 0.25) is 0 Å². The Morgan fingerprint density at radius 1 is 0.889 bits per heavy atom. The van der Waals surface area contributed by atoms with Crippen LogP contribution in [-0.2, 0) is 9.53 Å². The Bertz CT molecular complexity index is 190. The van der Waals surface area contributed by atoms with Gasteiger partial charge in [0.1, 0.15) is 0 Å². The average molecular weight is 256 g/mol. The topological polar surface area (TPSA) is 26.3 Å². The Balaban J connectivity index is 3.14. The second kappa shape index (κ2) is 12.9. The van der Waals surface area contributed by atoms with E-state index in [1.807, 2.05) is 13.8 Å². The number of unbranched alkanes of at least 4 members (excludes halogenated alkanes) is 8. The van der Waals surface area contributed by atoms with E-state index in [4.69, 9.17) is 4.74 Å². The van der Waals surface area contributed by atoms with Crippen molar-refractivity contribution >= 4 is 5.97 Å². The van der Waals surface area contributed by atoms with Gasteiger partial charge >= 0.3 is 5.97 Å². The van der Waals surface area contributed by atoms with E-state index in [0.717, 1.165) is 12.8 Å². The molecule has 0 saturated heterocycles. The Hall–Kier alpha value is -0.530. The Labute approximate surface area is 113 Å². The molecule has 0 bridgehead atoms. The summed E-state index contributed by atoms with van der Waals surface area (Å²) in [6.45, 7) is 6.81. The van der Waals surface area contributed by atoms with Crippen molar-refractivity contribution in [3.63, 3.8) is 0 Å². The van der Waals surface area contributed by atoms with Crippen LogP contribution in [0.25, 0.3) is 0 Å². The number of carbonyl (C=O) groups excluding carboxylic acids is 1. The van der Waals surface area contributed by atoms with Crippen molar-refractivity contribution in [2.24, 2.45) is 5.92 Å². The van der Waals surface area contributed by atoms with Gasteiger partial charge in [0.15, 0.2) is 0 Å². The molecule has 2 nitrogen and oxygen atoms in total. The first-order chi connectivity index (χ1) is 8.72. The summed E-state index contributed by atoms with van der Waals surface area (Å²) < 4.78 is 5.22. The lowest BCUT2D eigenvalue weighted by molar-refractivity contribution is -0.148. The highest BCUT2D eigenvalue weighted by atomic mass is 16.5. The van der Waals surface area contributed by atoms with Crippen LogP contribution in [0.4, 0.5) is 0 Å². The standard InChI is InChI=1S/C16H32O2/c1-4-6-7-8-9-10-11-12-13-14-18-16(17)15(3)5-2/h15H,4-14H2,1-3H3. The highest BCUT2D eigenvalue weighted by Gasteiger charge is 2.10. The van der Waals surface area contributed by atoms with E-state index in [-0.39, 0.29) is 11.9 Å². The minimum atomic E-state index is -0.0305. The second-order valence-electron chi connectivity index (χ2n) is 5.31. The molecule has 18 heavy (non-hydrogen) atoms. The molecule has 0 rings (SSSR count). The molecule has 2 heteroatoms. The molecule has 108 valence electrons. The summed E-state index contributed by atoms with van der Waals surface area (Å²) in [7, 11) is 0. The molecule has 1 unspecified atom stereocenters. The van der Waals surface area contributed by atoms with Crippen molar-refractivity contribution in [3.05, 3.63) is 0 Å². The Morgan fingerprint density at radius 3 is 1.89 bits per heavy atom. The molecule has 0 amide bonds. The Kier molecular flexibility index (Phi) is 12.5. The fourth-order valence-electron chi connectivity index (χ4n) is 1.89. The molecule has 0 aliphatic heterocycles. The van der Waals surface area contributed by atoms with Crippen molar-refractivity contribution in [2.45, 2.75) is 85.0 Å². The van der Waals surface area contributed by atoms with Crippen LogP contribution in [-0.4, -0.2) is 12.6 Å². The number of carbonyl (C=O) groups is 1. The smallest absolute Gasteiger partial charge is 0.308 e. The second-order valence-corrected chi connectivity index (χ2v) is 5.31. The van der Waals surface area contributed by atoms with Crippen LogP contribution >= 0.6 is 0 Å². The first-order valence-corrected chi connectivity index (χ1v) is 7.89. The number of rotatable bonds is 12. The van der Waals surface area contributed by atoms with E-state index in [1.54, 1.807) is 0 Å². The maximum absolute atomic E-state index is 11.4. The summed E-state index contributed by atoms with van der Waals surface area (Å²) in [5.74, 6) is 0.0284. The SMILES string of the molecule is CCCCCCCCCCCOC(=O)C(C)CC. The summed E-state index contributed by atoms with van der Waals surface area (Å²) in [4.78, 5) is 11.4. The van der Waals surface area contributed by atoms with Crippen molar-refractivity contribution in [1.29, 1.82) is 0 Å². The van der Waals surface area contributed by atoms with Gasteiger partial charge in [0, 0.05) is 0 Å². The van der Waals surface area contributed by atoms with Gasteiger partial charge in [-0.25, -0.2) is 0 Å². The maximum atomic E-state index is 11.4. The number of ether oxygens (including phenoxy) is 1. The molecule has 0 radical (unpaired) electrons. The highest BCUT2D eigenvalue weighted by Crippen LogP contribution is 2.10. The molecule has 1 atom stereocenters. The van der Waals surface area contributed by atoms with E-state index in [0.29, 0.717) is 6.61 Å². The molecule has 0 aromatic rings. The zero-order chi connectivity index (χ0) is 13.6. The van der Waals surface area contributed by atoms with Crippen LogP contribution in [0.3, 0.4) is 0 Å². The van der Waals surface area contributed by atoms with Gasteiger partial charge in [-0.2, -0.15) is 0 Å². The molecular weight excluding hydrogens is 224 g/mol. The van der Waals surface area contributed by atoms with E-state index >= 15 is 0 Å². The molecule has 0 aliphatic carbocycles. The third-order valence-corrected chi connectivity index (χ3v) is 3.51. The minimum absolute atomic E-state index is 0.0305. The van der Waals surface area contributed by atoms with Gasteiger partial charge in [-0.1, -0.05) is 72.1 Å². The summed E-state index contributed by atoms with van der Waals surface area (Å²) in [6.07, 6.45) is 12.6. The predicted octanol–water partition coefficient (Wildman–Crippen LogP) is 5.11. The molecule has 0 fully saturated rings. The lowest BCUT2D eigenvalue weighted by atomic mass is 10.1. The number of hydrogen-bond acceptors (Lipinski definition) is 2. The van der Waals surface area contributed by atoms with Gasteiger partial charge in [-0.05, 0) is 12.8 Å². The fraction of sp³-hybridized carbons (Fsp3) is 0.938. The van der Waals surface area contributed by atoms with Gasteiger partial charge in [-0.15, -0.1) is 0 Å². The predicted molar refractivity (Wildman–Crippen MR) is 77.6 cm³/mol. The van der Waals surface area contributed by atoms with E-state index in [2.05, 4.69) is 6.92 Å². The van der Waals surface area contributed by atoms with Crippen LogP contribution in [0.5, 0.6) is 0 Å². The fourth-order valence-corrected chi connectivity index (χ4v) is 1.89. The van der Waals surface area contributed by atoms with Gasteiger partial charge in [0.25, 0.3) is 0 Å². The normalized spacial score (nSPS) is 12.4. The van der Waals surface area contributed by atoms with Crippen LogP contribution in [0.15, 0.2) is 0 Å². The quantitative estimate of drug-likeness (QED) is 0.358. The van der Waals surface area contributed by atoms with Crippen LogP contribution in [0.2, 0.25) is 0 Å². The third-order valence-electron chi connectivity index (χ3n) is 3.51. The highest BCUT2D eigenvalue weighted by molar-refractivity contribution is 5.71. The first-order valence-electron chi connectivity index (χ1n) is 7.89. The number of esters is 1. The Morgan fingerprint density at radius 2 is 1.39 bits per heavy atom. The number of hydrogen-bond donors (Lipinski definition) is 0. The first kappa shape index (κ1) is 17.5. The minimum Gasteiger partial charge on any atom is -0.465 e. The van der Waals surface area contributed by atoms with Crippen molar-refractivity contribution < 1.29 is 9.53 Å². The zero-order valence-electron chi connectivity index (χ0n) is 12.7. The zero-order valence-corrected chi connectivity index (χ0v) is 12.7. The van der Waals surface area contributed by atoms with Crippen LogP contribution in [0.1, 0.15) is 85.0 Å². The molecule has 0 heterocycles. The third kappa shape index (κ3) is 10.6. The molecule has 0 saturated carbocycles. The lowest BCUT2D eigenvalue weighted by Crippen LogP contribution is -2.14. The molecule has 0 N–H and O–H groups in total. The van der Waals surface area contributed by atoms with Gasteiger partial charge in [0.05, 0.1) is 12.5 Å². The van der Waals surface area contributed by atoms with Crippen LogP contribution in [0, 0.1) is 5.92 Å². The summed E-state index contributed by atoms with van der Waals surface area (Å²) in [6, 6.07) is 0.